The number of benzene rings is 1. The number of nitrogens with zero attached hydrogens (tertiary/aromatic N) is 5. The maximum Gasteiger partial charge on any atom is 0.416 e. The summed E-state index contributed by atoms with van der Waals surface area (Å²) < 4.78 is 46.7. The number of hydrogen-bond donors (Lipinski definition) is 1. The number of carbonyl (C=O) groups is 3. The van der Waals surface area contributed by atoms with Crippen LogP contribution in [0.4, 0.5) is 29.5 Å². The second-order valence-corrected chi connectivity index (χ2v) is 9.66. The van der Waals surface area contributed by atoms with Gasteiger partial charge in [-0.1, -0.05) is 30.3 Å². The fourth-order valence-electron chi connectivity index (χ4n) is 4.88. The van der Waals surface area contributed by atoms with E-state index < -0.39 is 60.6 Å². The molecule has 2 aliphatic rings. The maximum atomic E-state index is 14.4. The minimum absolute atomic E-state index is 0.0275. The van der Waals surface area contributed by atoms with E-state index in [-0.39, 0.29) is 30.1 Å². The molecule has 1 aliphatic carbocycles. The molecule has 5 rings (SSSR count). The first kappa shape index (κ1) is 27.6. The molecule has 2 atom stereocenters. The first-order valence-corrected chi connectivity index (χ1v) is 12.7. The quantitative estimate of drug-likeness (QED) is 0.461. The second kappa shape index (κ2) is 11.2. The number of aromatic nitrogens is 2. The highest BCUT2D eigenvalue weighted by Crippen LogP contribution is 2.38. The molecular weight excluding hydrogens is 541 g/mol. The molecule has 2 fully saturated rings. The summed E-state index contributed by atoms with van der Waals surface area (Å²) in [6.45, 7) is -0.141. The van der Waals surface area contributed by atoms with Crippen LogP contribution >= 0.6 is 0 Å². The van der Waals surface area contributed by atoms with Crippen LogP contribution in [-0.4, -0.2) is 52.5 Å². The lowest BCUT2D eigenvalue weighted by Gasteiger charge is -2.40. The number of ether oxygens (including phenoxy) is 1. The summed E-state index contributed by atoms with van der Waals surface area (Å²) in [4.78, 5) is 51.0. The maximum absolute atomic E-state index is 14.4. The summed E-state index contributed by atoms with van der Waals surface area (Å²) in [5.41, 5.74) is 0.378. The Bertz CT molecular complexity index is 1510. The largest absolute Gasteiger partial charge is 0.449 e. The molecule has 3 amide bonds. The number of carbonyl (C=O) groups excluding carboxylic acids is 3. The number of alkyl halides is 2. The lowest BCUT2D eigenvalue weighted by atomic mass is 9.87. The van der Waals surface area contributed by atoms with Gasteiger partial charge in [0.25, 0.3) is 11.8 Å². The van der Waals surface area contributed by atoms with Crippen LogP contribution < -0.4 is 15.1 Å². The van der Waals surface area contributed by atoms with Crippen molar-refractivity contribution in [2.45, 2.75) is 43.3 Å². The SMILES string of the molecule is N#Cc1ccnc(N2C(=O)OCCC2C(=O)N(c2cncc(F)c2)C(C(=O)NC2CC(F)(F)C2)c2ccccc2)c1. The molecule has 13 heteroatoms. The van der Waals surface area contributed by atoms with Gasteiger partial charge in [-0.15, -0.1) is 0 Å². The smallest absolute Gasteiger partial charge is 0.416 e. The predicted molar refractivity (Wildman–Crippen MR) is 138 cm³/mol. The normalized spacial score (nSPS) is 18.8. The number of rotatable bonds is 7. The Morgan fingerprint density at radius 2 is 1.93 bits per heavy atom. The van der Waals surface area contributed by atoms with Gasteiger partial charge in [-0.3, -0.25) is 19.5 Å². The minimum atomic E-state index is -2.91. The fraction of sp³-hybridized carbons (Fsp3) is 0.286. The molecular formula is C28H23F3N6O4. The Morgan fingerprint density at radius 1 is 1.17 bits per heavy atom. The van der Waals surface area contributed by atoms with Crippen LogP contribution in [0.15, 0.2) is 67.1 Å². The number of halogens is 3. The van der Waals surface area contributed by atoms with Gasteiger partial charge >= 0.3 is 6.09 Å². The number of hydrogen-bond acceptors (Lipinski definition) is 7. The Morgan fingerprint density at radius 3 is 2.61 bits per heavy atom. The molecule has 210 valence electrons. The molecule has 2 aromatic heterocycles. The summed E-state index contributed by atoms with van der Waals surface area (Å²) in [7, 11) is 0. The molecule has 0 spiro atoms. The van der Waals surface area contributed by atoms with E-state index in [0.717, 1.165) is 22.1 Å². The van der Waals surface area contributed by atoms with Crippen LogP contribution in [0.2, 0.25) is 0 Å². The number of nitriles is 1. The standard InChI is InChI=1S/C28H23F3N6O4/c29-19-11-21(16-33-15-19)36(24(18-4-2-1-3-5-18)25(38)35-20-12-28(30,31)13-20)26(39)22-7-9-41-27(40)37(22)23-10-17(14-32)6-8-34-23/h1-6,8,10-11,15-16,20,22,24H,7,9,12-13H2,(H,35,38). The Labute approximate surface area is 232 Å². The van der Waals surface area contributed by atoms with Crippen LogP contribution in [0.3, 0.4) is 0 Å². The van der Waals surface area contributed by atoms with E-state index in [1.807, 2.05) is 6.07 Å². The number of pyridine rings is 2. The molecule has 1 N–H and O–H groups in total. The summed E-state index contributed by atoms with van der Waals surface area (Å²) in [5.74, 6) is -5.32. The summed E-state index contributed by atoms with van der Waals surface area (Å²) in [6, 6.07) is 10.2. The van der Waals surface area contributed by atoms with E-state index in [9.17, 15) is 32.8 Å². The third-order valence-corrected chi connectivity index (χ3v) is 6.80. The average molecular weight is 565 g/mol. The van der Waals surface area contributed by atoms with Crippen molar-refractivity contribution < 1.29 is 32.3 Å². The monoisotopic (exact) mass is 564 g/mol. The van der Waals surface area contributed by atoms with Crippen LogP contribution in [0.5, 0.6) is 0 Å². The van der Waals surface area contributed by atoms with Crippen molar-refractivity contribution in [1.29, 1.82) is 5.26 Å². The molecule has 0 radical (unpaired) electrons. The Balaban J connectivity index is 1.59. The first-order valence-electron chi connectivity index (χ1n) is 12.7. The average Bonchev–Trinajstić information content (AvgIpc) is 2.94. The van der Waals surface area contributed by atoms with Gasteiger partial charge in [0.1, 0.15) is 23.7 Å². The molecule has 2 unspecified atom stereocenters. The van der Waals surface area contributed by atoms with E-state index in [2.05, 4.69) is 15.3 Å². The summed E-state index contributed by atoms with van der Waals surface area (Å²) >= 11 is 0. The zero-order chi connectivity index (χ0) is 29.1. The van der Waals surface area contributed by atoms with Crippen molar-refractivity contribution >= 4 is 29.4 Å². The zero-order valence-electron chi connectivity index (χ0n) is 21.4. The van der Waals surface area contributed by atoms with Crippen LogP contribution in [0.1, 0.15) is 36.4 Å². The van der Waals surface area contributed by atoms with Crippen LogP contribution in [0, 0.1) is 17.1 Å². The van der Waals surface area contributed by atoms with E-state index in [0.29, 0.717) is 5.56 Å². The van der Waals surface area contributed by atoms with Crippen LogP contribution in [0.25, 0.3) is 0 Å². The minimum Gasteiger partial charge on any atom is -0.449 e. The first-order chi connectivity index (χ1) is 19.7. The number of amides is 3. The molecule has 1 saturated heterocycles. The highest BCUT2D eigenvalue weighted by atomic mass is 19.3. The van der Waals surface area contributed by atoms with Gasteiger partial charge in [-0.2, -0.15) is 5.26 Å². The van der Waals surface area contributed by atoms with Gasteiger partial charge in [-0.25, -0.2) is 27.8 Å². The van der Waals surface area contributed by atoms with E-state index in [4.69, 9.17) is 4.74 Å². The molecule has 1 aliphatic heterocycles. The van der Waals surface area contributed by atoms with Crippen molar-refractivity contribution in [2.24, 2.45) is 0 Å². The van der Waals surface area contributed by atoms with Gasteiger partial charge < -0.3 is 10.1 Å². The van der Waals surface area contributed by atoms with Gasteiger partial charge in [0.2, 0.25) is 5.91 Å². The lowest BCUT2D eigenvalue weighted by molar-refractivity contribution is -0.133. The number of cyclic esters (lactones) is 1. The molecule has 3 aromatic rings. The number of anilines is 2. The Kier molecular flexibility index (Phi) is 7.56. The van der Waals surface area contributed by atoms with Gasteiger partial charge in [0.15, 0.2) is 0 Å². The molecule has 0 bridgehead atoms. The molecule has 1 saturated carbocycles. The van der Waals surface area contributed by atoms with E-state index in [1.165, 1.54) is 24.5 Å². The molecule has 41 heavy (non-hydrogen) atoms. The van der Waals surface area contributed by atoms with E-state index in [1.54, 1.807) is 30.3 Å². The number of nitrogens with one attached hydrogen (secondary N) is 1. The third-order valence-electron chi connectivity index (χ3n) is 6.80. The van der Waals surface area contributed by atoms with Crippen molar-refractivity contribution in [3.05, 3.63) is 84.1 Å². The van der Waals surface area contributed by atoms with Crippen molar-refractivity contribution in [1.82, 2.24) is 15.3 Å². The van der Waals surface area contributed by atoms with Gasteiger partial charge in [0, 0.05) is 37.6 Å². The van der Waals surface area contributed by atoms with E-state index >= 15 is 0 Å². The molecule has 1 aromatic carbocycles. The fourth-order valence-corrected chi connectivity index (χ4v) is 4.88. The highest BCUT2D eigenvalue weighted by molar-refractivity contribution is 6.08. The van der Waals surface area contributed by atoms with Gasteiger partial charge in [-0.05, 0) is 17.7 Å². The third kappa shape index (κ3) is 5.81. The summed E-state index contributed by atoms with van der Waals surface area (Å²) in [6.07, 6.45) is 1.34. The van der Waals surface area contributed by atoms with Crippen molar-refractivity contribution in [3.63, 3.8) is 0 Å². The highest BCUT2D eigenvalue weighted by Gasteiger charge is 2.48. The lowest BCUT2D eigenvalue weighted by Crippen LogP contribution is -2.58. The van der Waals surface area contributed by atoms with Gasteiger partial charge in [0.05, 0.1) is 36.3 Å². The molecule has 10 nitrogen and oxygen atoms in total. The predicted octanol–water partition coefficient (Wildman–Crippen LogP) is 3.89. The Hall–Kier alpha value is -4.99. The molecule has 3 heterocycles. The topological polar surface area (TPSA) is 129 Å². The second-order valence-electron chi connectivity index (χ2n) is 9.66. The van der Waals surface area contributed by atoms with Crippen molar-refractivity contribution in [2.75, 3.05) is 16.4 Å². The van der Waals surface area contributed by atoms with Crippen LogP contribution in [-0.2, 0) is 14.3 Å². The zero-order valence-corrected chi connectivity index (χ0v) is 21.4. The summed E-state index contributed by atoms with van der Waals surface area (Å²) in [5, 5.41) is 11.9. The van der Waals surface area contributed by atoms with Crippen molar-refractivity contribution in [3.8, 4) is 6.07 Å².